The van der Waals surface area contributed by atoms with E-state index in [1.807, 2.05) is 11.8 Å². The lowest BCUT2D eigenvalue weighted by Gasteiger charge is -2.40. The smallest absolute Gasteiger partial charge is 0.222 e. The molecule has 1 saturated heterocycles. The maximum atomic E-state index is 12.0. The molecule has 0 spiro atoms. The Labute approximate surface area is 110 Å². The van der Waals surface area contributed by atoms with Gasteiger partial charge >= 0.3 is 0 Å². The molecule has 18 heavy (non-hydrogen) atoms. The average molecular weight is 257 g/mol. The zero-order chi connectivity index (χ0) is 13.7. The van der Waals surface area contributed by atoms with E-state index >= 15 is 0 Å². The SMILES string of the molecule is CC(N)CCC(=O)N1CCN(CC(C)O)C(C)C1. The zero-order valence-electron chi connectivity index (χ0n) is 11.8. The third-order valence-electron chi connectivity index (χ3n) is 3.43. The van der Waals surface area contributed by atoms with Gasteiger partial charge in [-0.3, -0.25) is 9.69 Å². The molecule has 0 radical (unpaired) electrons. The van der Waals surface area contributed by atoms with Crippen LogP contribution >= 0.6 is 0 Å². The third-order valence-corrected chi connectivity index (χ3v) is 3.43. The Kier molecular flexibility index (Phi) is 6.05. The van der Waals surface area contributed by atoms with Gasteiger partial charge in [0.25, 0.3) is 0 Å². The minimum absolute atomic E-state index is 0.0860. The van der Waals surface area contributed by atoms with Crippen LogP contribution in [0.25, 0.3) is 0 Å². The third kappa shape index (κ3) is 4.92. The van der Waals surface area contributed by atoms with Crippen LogP contribution in [0.1, 0.15) is 33.6 Å². The van der Waals surface area contributed by atoms with Gasteiger partial charge in [-0.25, -0.2) is 0 Å². The minimum Gasteiger partial charge on any atom is -0.392 e. The Bertz CT molecular complexity index is 269. The summed E-state index contributed by atoms with van der Waals surface area (Å²) in [5.74, 6) is 0.204. The molecule has 3 atom stereocenters. The number of β-amino-alcohol motifs (C(OH)–C–C–N with tert-alkyl or cyclic N) is 1. The molecule has 1 heterocycles. The van der Waals surface area contributed by atoms with E-state index in [2.05, 4.69) is 11.8 Å². The fourth-order valence-corrected chi connectivity index (χ4v) is 2.34. The van der Waals surface area contributed by atoms with E-state index < -0.39 is 0 Å². The summed E-state index contributed by atoms with van der Waals surface area (Å²) in [5, 5.41) is 9.41. The van der Waals surface area contributed by atoms with Crippen LogP contribution in [-0.4, -0.2) is 65.2 Å². The number of hydrogen-bond donors (Lipinski definition) is 2. The van der Waals surface area contributed by atoms with E-state index in [1.165, 1.54) is 0 Å². The van der Waals surface area contributed by atoms with E-state index in [1.54, 1.807) is 6.92 Å². The predicted molar refractivity (Wildman–Crippen MR) is 72.2 cm³/mol. The van der Waals surface area contributed by atoms with Gasteiger partial charge in [-0.15, -0.1) is 0 Å². The Balaban J connectivity index is 2.38. The number of rotatable bonds is 5. The fraction of sp³-hybridized carbons (Fsp3) is 0.923. The first-order chi connectivity index (χ1) is 8.40. The molecule has 3 unspecified atom stereocenters. The number of carbonyl (C=O) groups excluding carboxylic acids is 1. The summed E-state index contributed by atoms with van der Waals surface area (Å²) in [7, 11) is 0. The Morgan fingerprint density at radius 1 is 1.44 bits per heavy atom. The molecule has 5 heteroatoms. The lowest BCUT2D eigenvalue weighted by molar-refractivity contribution is -0.134. The zero-order valence-corrected chi connectivity index (χ0v) is 11.8. The Morgan fingerprint density at radius 3 is 2.61 bits per heavy atom. The number of piperazine rings is 1. The highest BCUT2D eigenvalue weighted by Crippen LogP contribution is 2.12. The highest BCUT2D eigenvalue weighted by Gasteiger charge is 2.26. The average Bonchev–Trinajstić information content (AvgIpc) is 2.28. The molecule has 106 valence electrons. The van der Waals surface area contributed by atoms with Crippen molar-refractivity contribution in [3.8, 4) is 0 Å². The van der Waals surface area contributed by atoms with Crippen molar-refractivity contribution in [2.75, 3.05) is 26.2 Å². The number of aliphatic hydroxyl groups excluding tert-OH is 1. The summed E-state index contributed by atoms with van der Waals surface area (Å²) < 4.78 is 0. The molecule has 1 amide bonds. The van der Waals surface area contributed by atoms with Crippen molar-refractivity contribution in [2.24, 2.45) is 5.73 Å². The normalized spacial score (nSPS) is 24.9. The molecule has 1 fully saturated rings. The highest BCUT2D eigenvalue weighted by atomic mass is 16.3. The predicted octanol–water partition coefficient (Wildman–Crippen LogP) is 0.0273. The summed E-state index contributed by atoms with van der Waals surface area (Å²) in [6.45, 7) is 8.87. The van der Waals surface area contributed by atoms with Crippen LogP contribution in [-0.2, 0) is 4.79 Å². The summed E-state index contributed by atoms with van der Waals surface area (Å²) in [5.41, 5.74) is 5.67. The van der Waals surface area contributed by atoms with Gasteiger partial charge in [-0.2, -0.15) is 0 Å². The second-order valence-electron chi connectivity index (χ2n) is 5.55. The molecule has 0 bridgehead atoms. The standard InChI is InChI=1S/C13H27N3O2/c1-10(14)4-5-13(18)16-7-6-15(9-12(3)17)11(2)8-16/h10-12,17H,4-9,14H2,1-3H3. The minimum atomic E-state index is -0.312. The lowest BCUT2D eigenvalue weighted by Crippen LogP contribution is -2.55. The number of amides is 1. The van der Waals surface area contributed by atoms with Crippen LogP contribution < -0.4 is 5.73 Å². The molecule has 0 saturated carbocycles. The van der Waals surface area contributed by atoms with Crippen molar-refractivity contribution in [1.82, 2.24) is 9.80 Å². The molecule has 1 rings (SSSR count). The van der Waals surface area contributed by atoms with Gasteiger partial charge in [-0.1, -0.05) is 0 Å². The van der Waals surface area contributed by atoms with Crippen LogP contribution in [0.15, 0.2) is 0 Å². The van der Waals surface area contributed by atoms with Crippen LogP contribution in [0.2, 0.25) is 0 Å². The van der Waals surface area contributed by atoms with E-state index in [0.29, 0.717) is 19.0 Å². The van der Waals surface area contributed by atoms with Crippen LogP contribution in [0, 0.1) is 0 Å². The van der Waals surface area contributed by atoms with Gasteiger partial charge in [0.15, 0.2) is 0 Å². The largest absolute Gasteiger partial charge is 0.392 e. The van der Waals surface area contributed by atoms with Gasteiger partial charge in [0.1, 0.15) is 0 Å². The molecule has 0 aliphatic carbocycles. The second-order valence-corrected chi connectivity index (χ2v) is 5.55. The highest BCUT2D eigenvalue weighted by molar-refractivity contribution is 5.76. The molecule has 5 nitrogen and oxygen atoms in total. The summed E-state index contributed by atoms with van der Waals surface area (Å²) >= 11 is 0. The van der Waals surface area contributed by atoms with Crippen molar-refractivity contribution in [2.45, 2.75) is 51.8 Å². The first-order valence-electron chi connectivity index (χ1n) is 6.85. The molecule has 0 aromatic rings. The summed E-state index contributed by atoms with van der Waals surface area (Å²) in [4.78, 5) is 16.1. The Morgan fingerprint density at radius 2 is 2.11 bits per heavy atom. The van der Waals surface area contributed by atoms with Crippen LogP contribution in [0.5, 0.6) is 0 Å². The molecule has 0 aromatic carbocycles. The summed E-state index contributed by atoms with van der Waals surface area (Å²) in [6, 6.07) is 0.399. The second kappa shape index (κ2) is 7.07. The number of aliphatic hydroxyl groups is 1. The van der Waals surface area contributed by atoms with Crippen molar-refractivity contribution in [3.63, 3.8) is 0 Å². The van der Waals surface area contributed by atoms with Crippen molar-refractivity contribution < 1.29 is 9.90 Å². The molecular weight excluding hydrogens is 230 g/mol. The van der Waals surface area contributed by atoms with Gasteiger partial charge < -0.3 is 15.7 Å². The quantitative estimate of drug-likeness (QED) is 0.729. The van der Waals surface area contributed by atoms with Crippen molar-refractivity contribution in [1.29, 1.82) is 0 Å². The van der Waals surface area contributed by atoms with Crippen molar-refractivity contribution >= 4 is 5.91 Å². The van der Waals surface area contributed by atoms with Crippen LogP contribution in [0.4, 0.5) is 0 Å². The number of hydrogen-bond acceptors (Lipinski definition) is 4. The van der Waals surface area contributed by atoms with Gasteiger partial charge in [0, 0.05) is 44.7 Å². The van der Waals surface area contributed by atoms with E-state index in [9.17, 15) is 9.90 Å². The number of nitrogens with two attached hydrogens (primary N) is 1. The van der Waals surface area contributed by atoms with Gasteiger partial charge in [-0.05, 0) is 27.2 Å². The topological polar surface area (TPSA) is 69.8 Å². The lowest BCUT2D eigenvalue weighted by atomic mass is 10.1. The maximum Gasteiger partial charge on any atom is 0.222 e. The summed E-state index contributed by atoms with van der Waals surface area (Å²) in [6.07, 6.45) is 0.981. The van der Waals surface area contributed by atoms with Crippen LogP contribution in [0.3, 0.4) is 0 Å². The van der Waals surface area contributed by atoms with Gasteiger partial charge in [0.05, 0.1) is 6.10 Å². The first-order valence-corrected chi connectivity index (χ1v) is 6.85. The molecule has 0 aromatic heterocycles. The molecular formula is C13H27N3O2. The fourth-order valence-electron chi connectivity index (χ4n) is 2.34. The van der Waals surface area contributed by atoms with E-state index in [-0.39, 0.29) is 18.1 Å². The molecule has 3 N–H and O–H groups in total. The van der Waals surface area contributed by atoms with E-state index in [0.717, 1.165) is 26.1 Å². The Hall–Kier alpha value is -0.650. The monoisotopic (exact) mass is 257 g/mol. The maximum absolute atomic E-state index is 12.0. The van der Waals surface area contributed by atoms with Gasteiger partial charge in [0.2, 0.25) is 5.91 Å². The molecule has 1 aliphatic heterocycles. The number of carbonyl (C=O) groups is 1. The number of nitrogens with zero attached hydrogens (tertiary/aromatic N) is 2. The van der Waals surface area contributed by atoms with E-state index in [4.69, 9.17) is 5.73 Å². The molecule has 1 aliphatic rings. The van der Waals surface area contributed by atoms with Crippen molar-refractivity contribution in [3.05, 3.63) is 0 Å². The first kappa shape index (κ1) is 15.4.